The minimum absolute atomic E-state index is 0.294. The third kappa shape index (κ3) is 2.53. The number of amides is 1. The number of halogens is 3. The fourth-order valence-electron chi connectivity index (χ4n) is 2.15. The summed E-state index contributed by atoms with van der Waals surface area (Å²) in [6, 6.07) is 14.2. The quantitative estimate of drug-likeness (QED) is 0.693. The van der Waals surface area contributed by atoms with Crippen LogP contribution in [-0.4, -0.2) is 5.91 Å². The van der Waals surface area contributed by atoms with Crippen LogP contribution >= 0.6 is 0 Å². The van der Waals surface area contributed by atoms with Crippen LogP contribution in [0.4, 0.5) is 18.9 Å². The van der Waals surface area contributed by atoms with Gasteiger partial charge in [0.25, 0.3) is 5.91 Å². The first-order valence-electron chi connectivity index (χ1n) is 6.50. The molecule has 0 aliphatic carbocycles. The summed E-state index contributed by atoms with van der Waals surface area (Å²) in [5, 5.41) is 4.04. The molecule has 1 N–H and O–H groups in total. The first-order chi connectivity index (χ1) is 10.6. The van der Waals surface area contributed by atoms with E-state index < -0.39 is 29.0 Å². The predicted octanol–water partition coefficient (Wildman–Crippen LogP) is 4.51. The standard InChI is InChI=1S/C17H10F3NO/c18-13-7-8-14(16(20)15(13)19)21-17(22)12-6-5-10-3-1-2-4-11(10)9-12/h1-9H,(H,21,22). The summed E-state index contributed by atoms with van der Waals surface area (Å²) >= 11 is 0. The molecule has 3 aromatic carbocycles. The summed E-state index contributed by atoms with van der Waals surface area (Å²) in [5.74, 6) is -4.94. The van der Waals surface area contributed by atoms with Crippen molar-refractivity contribution in [3.63, 3.8) is 0 Å². The van der Waals surface area contributed by atoms with Crippen molar-refractivity contribution in [2.45, 2.75) is 0 Å². The van der Waals surface area contributed by atoms with E-state index in [1.807, 2.05) is 24.3 Å². The Hall–Kier alpha value is -2.82. The van der Waals surface area contributed by atoms with Gasteiger partial charge in [-0.15, -0.1) is 0 Å². The molecule has 0 spiro atoms. The van der Waals surface area contributed by atoms with Crippen LogP contribution in [0.1, 0.15) is 10.4 Å². The zero-order chi connectivity index (χ0) is 15.7. The number of carbonyl (C=O) groups excluding carboxylic acids is 1. The lowest BCUT2D eigenvalue weighted by Gasteiger charge is -2.08. The van der Waals surface area contributed by atoms with Gasteiger partial charge in [0.2, 0.25) is 0 Å². The number of hydrogen-bond donors (Lipinski definition) is 1. The summed E-state index contributed by atoms with van der Waals surface area (Å²) < 4.78 is 39.6. The molecule has 0 aliphatic rings. The highest BCUT2D eigenvalue weighted by atomic mass is 19.2. The maximum Gasteiger partial charge on any atom is 0.255 e. The Morgan fingerprint density at radius 1 is 0.818 bits per heavy atom. The maximum atomic E-state index is 13.6. The van der Waals surface area contributed by atoms with E-state index in [2.05, 4.69) is 5.32 Å². The number of rotatable bonds is 2. The van der Waals surface area contributed by atoms with Gasteiger partial charge >= 0.3 is 0 Å². The third-order valence-electron chi connectivity index (χ3n) is 3.30. The Labute approximate surface area is 124 Å². The normalized spacial score (nSPS) is 10.7. The van der Waals surface area contributed by atoms with Crippen molar-refractivity contribution >= 4 is 22.4 Å². The molecule has 0 radical (unpaired) electrons. The molecule has 0 bridgehead atoms. The van der Waals surface area contributed by atoms with Crippen molar-refractivity contribution in [1.82, 2.24) is 0 Å². The fraction of sp³-hybridized carbons (Fsp3) is 0. The molecule has 0 heterocycles. The number of anilines is 1. The molecule has 0 atom stereocenters. The highest BCUT2D eigenvalue weighted by molar-refractivity contribution is 6.06. The van der Waals surface area contributed by atoms with Gasteiger partial charge in [0.15, 0.2) is 17.5 Å². The van der Waals surface area contributed by atoms with Crippen LogP contribution in [0.15, 0.2) is 54.6 Å². The Bertz CT molecular complexity index is 877. The smallest absolute Gasteiger partial charge is 0.255 e. The summed E-state index contributed by atoms with van der Waals surface area (Å²) in [4.78, 5) is 12.1. The van der Waals surface area contributed by atoms with Crippen molar-refractivity contribution in [3.8, 4) is 0 Å². The van der Waals surface area contributed by atoms with E-state index in [1.165, 1.54) is 0 Å². The zero-order valence-corrected chi connectivity index (χ0v) is 11.2. The Morgan fingerprint density at radius 2 is 1.55 bits per heavy atom. The second-order valence-corrected chi connectivity index (χ2v) is 4.74. The van der Waals surface area contributed by atoms with Crippen LogP contribution in [0, 0.1) is 17.5 Å². The van der Waals surface area contributed by atoms with Crippen LogP contribution < -0.4 is 5.32 Å². The van der Waals surface area contributed by atoms with Crippen molar-refractivity contribution in [3.05, 3.63) is 77.6 Å². The lowest BCUT2D eigenvalue weighted by Crippen LogP contribution is -2.13. The van der Waals surface area contributed by atoms with Crippen LogP contribution in [0.2, 0.25) is 0 Å². The third-order valence-corrected chi connectivity index (χ3v) is 3.30. The van der Waals surface area contributed by atoms with E-state index in [0.29, 0.717) is 5.56 Å². The Morgan fingerprint density at radius 3 is 2.32 bits per heavy atom. The van der Waals surface area contributed by atoms with Gasteiger partial charge in [0.1, 0.15) is 0 Å². The lowest BCUT2D eigenvalue weighted by molar-refractivity contribution is 0.102. The molecule has 5 heteroatoms. The second kappa shape index (κ2) is 5.52. The summed E-state index contributed by atoms with van der Waals surface area (Å²) in [5.41, 5.74) is -0.111. The SMILES string of the molecule is O=C(Nc1ccc(F)c(F)c1F)c1ccc2ccccc2c1. The van der Waals surface area contributed by atoms with Gasteiger partial charge in [-0.25, -0.2) is 13.2 Å². The fourth-order valence-corrected chi connectivity index (χ4v) is 2.15. The van der Waals surface area contributed by atoms with Gasteiger partial charge in [0, 0.05) is 5.56 Å². The van der Waals surface area contributed by atoms with E-state index in [4.69, 9.17) is 0 Å². The zero-order valence-electron chi connectivity index (χ0n) is 11.2. The topological polar surface area (TPSA) is 29.1 Å². The molecular formula is C17H10F3NO. The Kier molecular flexibility index (Phi) is 3.55. The van der Waals surface area contributed by atoms with Crippen molar-refractivity contribution in [1.29, 1.82) is 0 Å². The van der Waals surface area contributed by atoms with Crippen LogP contribution in [0.3, 0.4) is 0 Å². The first-order valence-corrected chi connectivity index (χ1v) is 6.50. The highest BCUT2D eigenvalue weighted by Crippen LogP contribution is 2.21. The minimum Gasteiger partial charge on any atom is -0.319 e. The molecule has 0 aliphatic heterocycles. The molecule has 1 amide bonds. The molecule has 0 saturated heterocycles. The monoisotopic (exact) mass is 301 g/mol. The predicted molar refractivity (Wildman–Crippen MR) is 78.2 cm³/mol. The number of nitrogens with one attached hydrogen (secondary N) is 1. The van der Waals surface area contributed by atoms with Gasteiger partial charge < -0.3 is 5.32 Å². The van der Waals surface area contributed by atoms with E-state index >= 15 is 0 Å². The number of carbonyl (C=O) groups is 1. The number of benzene rings is 3. The summed E-state index contributed by atoms with van der Waals surface area (Å²) in [6.45, 7) is 0. The van der Waals surface area contributed by atoms with Crippen molar-refractivity contribution in [2.75, 3.05) is 5.32 Å². The van der Waals surface area contributed by atoms with E-state index in [9.17, 15) is 18.0 Å². The molecule has 3 aromatic rings. The van der Waals surface area contributed by atoms with E-state index in [1.54, 1.807) is 18.2 Å². The average Bonchev–Trinajstić information content (AvgIpc) is 2.55. The summed E-state index contributed by atoms with van der Waals surface area (Å²) in [6.07, 6.45) is 0. The van der Waals surface area contributed by atoms with Gasteiger partial charge in [-0.3, -0.25) is 4.79 Å². The van der Waals surface area contributed by atoms with Gasteiger partial charge in [0.05, 0.1) is 5.69 Å². The molecule has 3 rings (SSSR count). The molecule has 22 heavy (non-hydrogen) atoms. The van der Waals surface area contributed by atoms with Crippen LogP contribution in [0.25, 0.3) is 10.8 Å². The molecule has 0 aromatic heterocycles. The first kappa shape index (κ1) is 14.1. The van der Waals surface area contributed by atoms with E-state index in [0.717, 1.165) is 22.9 Å². The highest BCUT2D eigenvalue weighted by Gasteiger charge is 2.16. The Balaban J connectivity index is 1.92. The van der Waals surface area contributed by atoms with Crippen molar-refractivity contribution in [2.24, 2.45) is 0 Å². The van der Waals surface area contributed by atoms with Gasteiger partial charge in [-0.05, 0) is 35.0 Å². The van der Waals surface area contributed by atoms with Crippen molar-refractivity contribution < 1.29 is 18.0 Å². The molecule has 110 valence electrons. The maximum absolute atomic E-state index is 13.6. The minimum atomic E-state index is -1.61. The summed E-state index contributed by atoms with van der Waals surface area (Å²) in [7, 11) is 0. The molecule has 0 unspecified atom stereocenters. The molecule has 2 nitrogen and oxygen atoms in total. The van der Waals surface area contributed by atoms with E-state index in [-0.39, 0.29) is 0 Å². The molecular weight excluding hydrogens is 291 g/mol. The largest absolute Gasteiger partial charge is 0.319 e. The molecule has 0 saturated carbocycles. The number of fused-ring (bicyclic) bond motifs is 1. The van der Waals surface area contributed by atoms with Crippen LogP contribution in [-0.2, 0) is 0 Å². The van der Waals surface area contributed by atoms with Gasteiger partial charge in [-0.2, -0.15) is 0 Å². The second-order valence-electron chi connectivity index (χ2n) is 4.74. The van der Waals surface area contributed by atoms with Crippen LogP contribution in [0.5, 0.6) is 0 Å². The average molecular weight is 301 g/mol. The lowest BCUT2D eigenvalue weighted by atomic mass is 10.1. The van der Waals surface area contributed by atoms with Gasteiger partial charge in [-0.1, -0.05) is 30.3 Å². The molecule has 0 fully saturated rings. The number of hydrogen-bond acceptors (Lipinski definition) is 1.